The molecule has 0 spiro atoms. The second-order valence-corrected chi connectivity index (χ2v) is 7.73. The Morgan fingerprint density at radius 2 is 1.90 bits per heavy atom. The van der Waals surface area contributed by atoms with Crippen LogP contribution in [0.25, 0.3) is 0 Å². The molecule has 7 nitrogen and oxygen atoms in total. The van der Waals surface area contributed by atoms with Crippen LogP contribution < -0.4 is 10.7 Å². The smallest absolute Gasteiger partial charge is 0.416 e. The van der Waals surface area contributed by atoms with Gasteiger partial charge in [-0.15, -0.1) is 0 Å². The first kappa shape index (κ1) is 22.5. The number of carbonyl (C=O) groups is 2. The Morgan fingerprint density at radius 3 is 2.45 bits per heavy atom. The molecular formula is C21H22F3N3O4. The number of hydrogen-bond donors (Lipinski definition) is 2. The molecule has 10 heteroatoms. The summed E-state index contributed by atoms with van der Waals surface area (Å²) in [5.74, 6) is -2.40. The molecule has 1 aliphatic rings. The lowest BCUT2D eigenvalue weighted by atomic mass is 9.78. The van der Waals surface area contributed by atoms with Gasteiger partial charge in [-0.25, -0.2) is 0 Å². The van der Waals surface area contributed by atoms with Crippen LogP contribution in [-0.4, -0.2) is 33.6 Å². The quantitative estimate of drug-likeness (QED) is 0.701. The summed E-state index contributed by atoms with van der Waals surface area (Å²) in [5.41, 5.74) is -3.22. The predicted octanol–water partition coefficient (Wildman–Crippen LogP) is 3.04. The van der Waals surface area contributed by atoms with Gasteiger partial charge in [0.2, 0.25) is 0 Å². The number of carbonyl (C=O) groups excluding carboxylic acids is 2. The topological polar surface area (TPSA) is 101 Å². The zero-order chi connectivity index (χ0) is 23.0. The number of ketones is 1. The summed E-state index contributed by atoms with van der Waals surface area (Å²) >= 11 is 0. The van der Waals surface area contributed by atoms with Crippen molar-refractivity contribution < 1.29 is 27.9 Å². The minimum absolute atomic E-state index is 0.0684. The van der Waals surface area contributed by atoms with Crippen molar-refractivity contribution in [2.75, 3.05) is 7.05 Å². The highest BCUT2D eigenvalue weighted by molar-refractivity contribution is 5.97. The second kappa shape index (κ2) is 8.16. The van der Waals surface area contributed by atoms with E-state index >= 15 is 0 Å². The number of nitrogens with one attached hydrogen (secondary N) is 1. The van der Waals surface area contributed by atoms with Crippen molar-refractivity contribution in [3.63, 3.8) is 0 Å². The molecule has 1 saturated carbocycles. The van der Waals surface area contributed by atoms with Gasteiger partial charge in [0.1, 0.15) is 5.69 Å². The fraction of sp³-hybridized carbons (Fsp3) is 0.429. The Balaban J connectivity index is 2.18. The van der Waals surface area contributed by atoms with Gasteiger partial charge in [0.25, 0.3) is 11.3 Å². The third kappa shape index (κ3) is 4.19. The fourth-order valence-electron chi connectivity index (χ4n) is 4.19. The van der Waals surface area contributed by atoms with Crippen LogP contribution in [0.2, 0.25) is 0 Å². The molecule has 2 N–H and O–H groups in total. The lowest BCUT2D eigenvalue weighted by molar-refractivity contribution is -0.137. The van der Waals surface area contributed by atoms with E-state index in [0.29, 0.717) is 18.4 Å². The van der Waals surface area contributed by atoms with E-state index < -0.39 is 45.7 Å². The SMILES string of the molecule is CNC(=O)c1nn(CC2(c3cccc(C(F)(F)F)c3)CCCC2)c(C(C)=O)c(O)c1=O. The minimum atomic E-state index is -4.51. The highest BCUT2D eigenvalue weighted by Crippen LogP contribution is 2.44. The van der Waals surface area contributed by atoms with Crippen molar-refractivity contribution >= 4 is 11.7 Å². The molecule has 2 aromatic rings. The summed E-state index contributed by atoms with van der Waals surface area (Å²) in [6, 6.07) is 4.99. The Morgan fingerprint density at radius 1 is 1.26 bits per heavy atom. The second-order valence-electron chi connectivity index (χ2n) is 7.73. The molecule has 1 fully saturated rings. The normalized spacial score (nSPS) is 15.6. The molecule has 0 unspecified atom stereocenters. The molecule has 0 radical (unpaired) electrons. The Bertz CT molecular complexity index is 1090. The monoisotopic (exact) mass is 437 g/mol. The molecule has 166 valence electrons. The van der Waals surface area contributed by atoms with E-state index in [1.54, 1.807) is 6.07 Å². The molecule has 1 aliphatic carbocycles. The lowest BCUT2D eigenvalue weighted by Gasteiger charge is -2.31. The van der Waals surface area contributed by atoms with Gasteiger partial charge >= 0.3 is 6.18 Å². The van der Waals surface area contributed by atoms with Gasteiger partial charge in [-0.3, -0.25) is 19.1 Å². The van der Waals surface area contributed by atoms with Gasteiger partial charge in [-0.1, -0.05) is 31.0 Å². The van der Waals surface area contributed by atoms with E-state index in [2.05, 4.69) is 10.4 Å². The fourth-order valence-corrected chi connectivity index (χ4v) is 4.19. The zero-order valence-corrected chi connectivity index (χ0v) is 17.0. The van der Waals surface area contributed by atoms with Gasteiger partial charge in [-0.2, -0.15) is 18.3 Å². The first-order valence-corrected chi connectivity index (χ1v) is 9.75. The summed E-state index contributed by atoms with van der Waals surface area (Å²) in [6.07, 6.45) is -1.97. The van der Waals surface area contributed by atoms with Crippen molar-refractivity contribution in [3.05, 3.63) is 57.0 Å². The Labute approximate surface area is 175 Å². The van der Waals surface area contributed by atoms with E-state index in [-0.39, 0.29) is 12.2 Å². The van der Waals surface area contributed by atoms with Crippen LogP contribution in [-0.2, 0) is 18.1 Å². The largest absolute Gasteiger partial charge is 0.502 e. The van der Waals surface area contributed by atoms with Gasteiger partial charge in [0, 0.05) is 19.4 Å². The van der Waals surface area contributed by atoms with Crippen LogP contribution >= 0.6 is 0 Å². The van der Waals surface area contributed by atoms with Crippen LogP contribution in [0.5, 0.6) is 5.75 Å². The van der Waals surface area contributed by atoms with E-state index in [1.165, 1.54) is 13.1 Å². The third-order valence-corrected chi connectivity index (χ3v) is 5.72. The summed E-state index contributed by atoms with van der Waals surface area (Å²) in [7, 11) is 1.28. The van der Waals surface area contributed by atoms with E-state index in [9.17, 15) is 32.7 Å². The van der Waals surface area contributed by atoms with Crippen molar-refractivity contribution in [1.29, 1.82) is 0 Å². The van der Waals surface area contributed by atoms with Gasteiger partial charge in [0.05, 0.1) is 12.1 Å². The molecule has 0 saturated heterocycles. The average molecular weight is 437 g/mol. The maximum absolute atomic E-state index is 13.3. The van der Waals surface area contributed by atoms with Crippen molar-refractivity contribution in [3.8, 4) is 5.75 Å². The van der Waals surface area contributed by atoms with E-state index in [4.69, 9.17) is 0 Å². The number of hydrogen-bond acceptors (Lipinski definition) is 5. The van der Waals surface area contributed by atoms with Crippen LogP contribution in [0.3, 0.4) is 0 Å². The predicted molar refractivity (Wildman–Crippen MR) is 105 cm³/mol. The molecule has 3 rings (SSSR count). The molecule has 31 heavy (non-hydrogen) atoms. The van der Waals surface area contributed by atoms with Crippen LogP contribution in [0, 0.1) is 0 Å². The number of aromatic nitrogens is 2. The van der Waals surface area contributed by atoms with Gasteiger partial charge < -0.3 is 10.4 Å². The van der Waals surface area contributed by atoms with Crippen molar-refractivity contribution in [1.82, 2.24) is 15.1 Å². The Hall–Kier alpha value is -3.17. The van der Waals surface area contributed by atoms with Gasteiger partial charge in [0.15, 0.2) is 17.2 Å². The molecule has 0 aliphatic heterocycles. The number of benzene rings is 1. The van der Waals surface area contributed by atoms with Crippen molar-refractivity contribution in [2.45, 2.75) is 50.7 Å². The van der Waals surface area contributed by atoms with Crippen LogP contribution in [0.15, 0.2) is 29.1 Å². The first-order chi connectivity index (χ1) is 14.5. The molecular weight excluding hydrogens is 415 g/mol. The standard InChI is InChI=1S/C21H22F3N3O4/c1-12(28)16-18(30)17(29)15(19(31)25-2)26-27(16)11-20(8-3-4-9-20)13-6-5-7-14(10-13)21(22,23)24/h5-7,10,30H,3-4,8-9,11H2,1-2H3,(H,25,31). The number of alkyl halides is 3. The van der Waals surface area contributed by atoms with E-state index in [0.717, 1.165) is 36.6 Å². The number of nitrogens with zero attached hydrogens (tertiary/aromatic N) is 2. The summed E-state index contributed by atoms with van der Waals surface area (Å²) < 4.78 is 40.9. The number of Topliss-reactive ketones (excluding diaryl/α,β-unsaturated/α-hetero) is 1. The third-order valence-electron chi connectivity index (χ3n) is 5.72. The highest BCUT2D eigenvalue weighted by Gasteiger charge is 2.40. The first-order valence-electron chi connectivity index (χ1n) is 9.75. The summed E-state index contributed by atoms with van der Waals surface area (Å²) in [5, 5.41) is 16.6. The number of halogens is 3. The summed E-state index contributed by atoms with van der Waals surface area (Å²) in [6.45, 7) is 1.07. The average Bonchev–Trinajstić information content (AvgIpc) is 3.19. The molecule has 1 aromatic heterocycles. The maximum atomic E-state index is 13.3. The molecule has 0 bridgehead atoms. The molecule has 1 heterocycles. The summed E-state index contributed by atoms with van der Waals surface area (Å²) in [4.78, 5) is 36.6. The Kier molecular flexibility index (Phi) is 5.93. The zero-order valence-electron chi connectivity index (χ0n) is 17.0. The van der Waals surface area contributed by atoms with Crippen LogP contribution in [0.1, 0.15) is 64.7 Å². The molecule has 0 atom stereocenters. The van der Waals surface area contributed by atoms with Crippen molar-refractivity contribution in [2.24, 2.45) is 0 Å². The van der Waals surface area contributed by atoms with Gasteiger partial charge in [-0.05, 0) is 24.5 Å². The molecule has 1 amide bonds. The minimum Gasteiger partial charge on any atom is -0.502 e. The van der Waals surface area contributed by atoms with Crippen LogP contribution in [0.4, 0.5) is 13.2 Å². The maximum Gasteiger partial charge on any atom is 0.416 e. The lowest BCUT2D eigenvalue weighted by Crippen LogP contribution is -2.36. The van der Waals surface area contributed by atoms with E-state index in [1.807, 2.05) is 0 Å². The number of aromatic hydroxyl groups is 1. The molecule has 1 aromatic carbocycles. The number of rotatable bonds is 5. The highest BCUT2D eigenvalue weighted by atomic mass is 19.4. The number of amides is 1.